The fourth-order valence-corrected chi connectivity index (χ4v) is 2.62. The van der Waals surface area contributed by atoms with Crippen molar-refractivity contribution in [1.29, 1.82) is 0 Å². The molecule has 110 valence electrons. The molecule has 1 aromatic rings. The second kappa shape index (κ2) is 5.62. The van der Waals surface area contributed by atoms with E-state index in [2.05, 4.69) is 5.10 Å². The maximum absolute atomic E-state index is 12.3. The zero-order valence-electron chi connectivity index (χ0n) is 12.1. The molecule has 2 atom stereocenters. The van der Waals surface area contributed by atoms with Crippen LogP contribution in [0.25, 0.3) is 0 Å². The zero-order chi connectivity index (χ0) is 14.9. The first-order chi connectivity index (χ1) is 9.45. The van der Waals surface area contributed by atoms with E-state index >= 15 is 0 Å². The van der Waals surface area contributed by atoms with Gasteiger partial charge in [0.1, 0.15) is 0 Å². The minimum atomic E-state index is -0.482. The molecule has 20 heavy (non-hydrogen) atoms. The number of likely N-dealkylation sites (N-methyl/N-ethyl adjacent to an activating group) is 1. The number of aryl methyl sites for hydroxylation is 1. The van der Waals surface area contributed by atoms with E-state index in [1.165, 1.54) is 0 Å². The van der Waals surface area contributed by atoms with E-state index in [-0.39, 0.29) is 12.1 Å². The van der Waals surface area contributed by atoms with Crippen LogP contribution in [0.5, 0.6) is 0 Å². The third kappa shape index (κ3) is 2.53. The Balaban J connectivity index is 2.27. The van der Waals surface area contributed by atoms with E-state index in [0.717, 1.165) is 5.56 Å². The number of piperazine rings is 1. The number of rotatable bonds is 4. The van der Waals surface area contributed by atoms with Gasteiger partial charge in [0, 0.05) is 44.5 Å². The van der Waals surface area contributed by atoms with Crippen LogP contribution in [0.15, 0.2) is 12.4 Å². The summed E-state index contributed by atoms with van der Waals surface area (Å²) in [6, 6.07) is -0.594. The van der Waals surface area contributed by atoms with E-state index in [4.69, 9.17) is 5.73 Å². The summed E-state index contributed by atoms with van der Waals surface area (Å²) in [6.07, 6.45) is 3.52. The van der Waals surface area contributed by atoms with Crippen molar-refractivity contribution in [2.24, 2.45) is 12.8 Å². The van der Waals surface area contributed by atoms with Crippen LogP contribution in [-0.2, 0) is 16.6 Å². The molecule has 2 N–H and O–H groups in total. The van der Waals surface area contributed by atoms with Gasteiger partial charge in [0.05, 0.1) is 12.2 Å². The molecule has 1 aliphatic heterocycles. The molecule has 1 fully saturated rings. The zero-order valence-corrected chi connectivity index (χ0v) is 12.1. The topological polar surface area (TPSA) is 84.5 Å². The van der Waals surface area contributed by atoms with Gasteiger partial charge in [0.25, 0.3) is 0 Å². The lowest BCUT2D eigenvalue weighted by atomic mass is 10.0. The smallest absolute Gasteiger partial charge is 0.312 e. The molecule has 1 saturated heterocycles. The summed E-state index contributed by atoms with van der Waals surface area (Å²) in [5, 5.41) is 4.12. The highest BCUT2D eigenvalue weighted by Gasteiger charge is 2.38. The quantitative estimate of drug-likeness (QED) is 0.753. The van der Waals surface area contributed by atoms with Crippen molar-refractivity contribution >= 4 is 11.8 Å². The second-order valence-electron chi connectivity index (χ2n) is 5.13. The number of nitrogens with zero attached hydrogens (tertiary/aromatic N) is 4. The molecule has 0 radical (unpaired) electrons. The number of nitrogens with two attached hydrogens (primary N) is 1. The molecular weight excluding hydrogens is 258 g/mol. The van der Waals surface area contributed by atoms with Gasteiger partial charge in [-0.1, -0.05) is 0 Å². The van der Waals surface area contributed by atoms with Crippen molar-refractivity contribution in [2.75, 3.05) is 19.6 Å². The number of hydrogen-bond acceptors (Lipinski definition) is 4. The summed E-state index contributed by atoms with van der Waals surface area (Å²) in [5.74, 6) is -0.933. The Morgan fingerprint density at radius 1 is 1.35 bits per heavy atom. The summed E-state index contributed by atoms with van der Waals surface area (Å²) >= 11 is 0. The monoisotopic (exact) mass is 279 g/mol. The maximum Gasteiger partial charge on any atom is 0.312 e. The molecular formula is C13H21N5O2. The lowest BCUT2D eigenvalue weighted by molar-refractivity contribution is -0.158. The fourth-order valence-electron chi connectivity index (χ4n) is 2.62. The van der Waals surface area contributed by atoms with Crippen LogP contribution < -0.4 is 5.73 Å². The van der Waals surface area contributed by atoms with Crippen LogP contribution >= 0.6 is 0 Å². The number of carbonyl (C=O) groups excluding carboxylic acids is 2. The van der Waals surface area contributed by atoms with Crippen LogP contribution in [-0.4, -0.2) is 57.1 Å². The first-order valence-electron chi connectivity index (χ1n) is 6.79. The fraction of sp³-hybridized carbons (Fsp3) is 0.615. The SMILES string of the molecule is CCN1CCN(C(c2cnn(C)c2)C(C)N)C(=O)C1=O. The van der Waals surface area contributed by atoms with Crippen molar-refractivity contribution < 1.29 is 9.59 Å². The molecule has 2 heterocycles. The molecule has 2 amide bonds. The average molecular weight is 279 g/mol. The molecule has 0 aromatic carbocycles. The largest absolute Gasteiger partial charge is 0.333 e. The maximum atomic E-state index is 12.3. The van der Waals surface area contributed by atoms with Crippen LogP contribution in [0.1, 0.15) is 25.5 Å². The first kappa shape index (κ1) is 14.5. The molecule has 0 saturated carbocycles. The second-order valence-corrected chi connectivity index (χ2v) is 5.13. The Labute approximate surface area is 118 Å². The lowest BCUT2D eigenvalue weighted by Crippen LogP contribution is -2.57. The van der Waals surface area contributed by atoms with E-state index in [0.29, 0.717) is 19.6 Å². The van der Waals surface area contributed by atoms with Gasteiger partial charge in [0.2, 0.25) is 0 Å². The molecule has 2 rings (SSSR count). The van der Waals surface area contributed by atoms with E-state index in [9.17, 15) is 9.59 Å². The standard InChI is InChI=1S/C13H21N5O2/c1-4-17-5-6-18(13(20)12(17)19)11(9(2)14)10-7-15-16(3)8-10/h7-9,11H,4-6,14H2,1-3H3. The molecule has 0 bridgehead atoms. The minimum Gasteiger partial charge on any atom is -0.333 e. The number of hydrogen-bond donors (Lipinski definition) is 1. The highest BCUT2D eigenvalue weighted by atomic mass is 16.2. The highest BCUT2D eigenvalue weighted by molar-refractivity contribution is 6.35. The van der Waals surface area contributed by atoms with Gasteiger partial charge in [-0.3, -0.25) is 14.3 Å². The van der Waals surface area contributed by atoms with Crippen molar-refractivity contribution in [2.45, 2.75) is 25.9 Å². The third-order valence-corrected chi connectivity index (χ3v) is 3.62. The molecule has 1 aliphatic rings. The van der Waals surface area contributed by atoms with Crippen molar-refractivity contribution in [3.63, 3.8) is 0 Å². The van der Waals surface area contributed by atoms with E-state index in [1.54, 1.807) is 20.7 Å². The van der Waals surface area contributed by atoms with Crippen LogP contribution in [0.4, 0.5) is 0 Å². The van der Waals surface area contributed by atoms with Crippen molar-refractivity contribution in [3.05, 3.63) is 18.0 Å². The van der Waals surface area contributed by atoms with Crippen LogP contribution in [0.3, 0.4) is 0 Å². The van der Waals surface area contributed by atoms with Gasteiger partial charge in [-0.2, -0.15) is 5.10 Å². The van der Waals surface area contributed by atoms with Gasteiger partial charge in [-0.25, -0.2) is 0 Å². The van der Waals surface area contributed by atoms with Gasteiger partial charge < -0.3 is 15.5 Å². The Bertz CT molecular complexity index is 511. The molecule has 1 aromatic heterocycles. The average Bonchev–Trinajstić information content (AvgIpc) is 2.81. The lowest BCUT2D eigenvalue weighted by Gasteiger charge is -2.39. The number of carbonyl (C=O) groups is 2. The third-order valence-electron chi connectivity index (χ3n) is 3.62. The molecule has 2 unspecified atom stereocenters. The Morgan fingerprint density at radius 3 is 2.55 bits per heavy atom. The number of amides is 2. The Hall–Kier alpha value is -1.89. The van der Waals surface area contributed by atoms with Gasteiger partial charge in [0.15, 0.2) is 0 Å². The van der Waals surface area contributed by atoms with Crippen molar-refractivity contribution in [3.8, 4) is 0 Å². The van der Waals surface area contributed by atoms with Crippen LogP contribution in [0.2, 0.25) is 0 Å². The van der Waals surface area contributed by atoms with Gasteiger partial charge in [-0.15, -0.1) is 0 Å². The molecule has 0 aliphatic carbocycles. The normalized spacial score (nSPS) is 19.4. The van der Waals surface area contributed by atoms with Crippen LogP contribution in [0, 0.1) is 0 Å². The number of aromatic nitrogens is 2. The molecule has 7 heteroatoms. The highest BCUT2D eigenvalue weighted by Crippen LogP contribution is 2.25. The van der Waals surface area contributed by atoms with Gasteiger partial charge in [-0.05, 0) is 13.8 Å². The summed E-state index contributed by atoms with van der Waals surface area (Å²) in [4.78, 5) is 27.4. The predicted octanol–water partition coefficient (Wildman–Crippen LogP) is -0.501. The van der Waals surface area contributed by atoms with E-state index < -0.39 is 11.8 Å². The summed E-state index contributed by atoms with van der Waals surface area (Å²) in [6.45, 7) is 5.30. The van der Waals surface area contributed by atoms with Crippen molar-refractivity contribution in [1.82, 2.24) is 19.6 Å². The van der Waals surface area contributed by atoms with E-state index in [1.807, 2.05) is 27.1 Å². The molecule has 0 spiro atoms. The predicted molar refractivity (Wildman–Crippen MR) is 73.6 cm³/mol. The summed E-state index contributed by atoms with van der Waals surface area (Å²) < 4.78 is 1.67. The molecule has 7 nitrogen and oxygen atoms in total. The Morgan fingerprint density at radius 2 is 2.05 bits per heavy atom. The minimum absolute atomic E-state index is 0.274. The summed E-state index contributed by atoms with van der Waals surface area (Å²) in [5.41, 5.74) is 6.88. The first-order valence-corrected chi connectivity index (χ1v) is 6.79. The summed E-state index contributed by atoms with van der Waals surface area (Å²) in [7, 11) is 1.81. The van der Waals surface area contributed by atoms with Gasteiger partial charge >= 0.3 is 11.8 Å². The Kier molecular flexibility index (Phi) is 4.08.